The summed E-state index contributed by atoms with van der Waals surface area (Å²) < 4.78 is 27.8. The Morgan fingerprint density at radius 1 is 1.00 bits per heavy atom. The molecule has 4 rings (SSSR count). The molecule has 7 heteroatoms. The second-order valence-electron chi connectivity index (χ2n) is 7.50. The highest BCUT2D eigenvalue weighted by atomic mass is 35.5. The summed E-state index contributed by atoms with van der Waals surface area (Å²) in [4.78, 5) is 14.5. The van der Waals surface area contributed by atoms with Gasteiger partial charge in [0.1, 0.15) is 0 Å². The molecule has 2 aromatic rings. The lowest BCUT2D eigenvalue weighted by Gasteiger charge is -2.22. The van der Waals surface area contributed by atoms with E-state index >= 15 is 0 Å². The number of halogens is 1. The number of rotatable bonds is 3. The summed E-state index contributed by atoms with van der Waals surface area (Å²) in [6, 6.07) is 16.5. The van der Waals surface area contributed by atoms with Crippen molar-refractivity contribution in [3.05, 3.63) is 70.7 Å². The molecule has 0 radical (unpaired) electrons. The fourth-order valence-electron chi connectivity index (χ4n) is 4.21. The van der Waals surface area contributed by atoms with Crippen molar-refractivity contribution in [1.29, 1.82) is 0 Å². The molecule has 2 heterocycles. The third-order valence-corrected chi connectivity index (χ3v) is 8.38. The van der Waals surface area contributed by atoms with Gasteiger partial charge in [0, 0.05) is 36.8 Å². The molecule has 0 saturated carbocycles. The van der Waals surface area contributed by atoms with E-state index in [1.165, 1.54) is 0 Å². The Kier molecular flexibility index (Phi) is 5.45. The van der Waals surface area contributed by atoms with Crippen LogP contribution in [0.25, 0.3) is 0 Å². The first-order chi connectivity index (χ1) is 13.4. The number of amides is 1. The zero-order valence-corrected chi connectivity index (χ0v) is 17.1. The molecule has 0 N–H and O–H groups in total. The van der Waals surface area contributed by atoms with Gasteiger partial charge in [-0.05, 0) is 48.6 Å². The quantitative estimate of drug-likeness (QED) is 0.767. The highest BCUT2D eigenvalue weighted by Gasteiger charge is 2.47. The van der Waals surface area contributed by atoms with Crippen LogP contribution in [0.1, 0.15) is 28.8 Å². The monoisotopic (exact) mass is 418 g/mol. The molecule has 0 aromatic heterocycles. The van der Waals surface area contributed by atoms with E-state index in [0.717, 1.165) is 5.56 Å². The Balaban J connectivity index is 1.46. The van der Waals surface area contributed by atoms with Gasteiger partial charge in [-0.1, -0.05) is 41.9 Å². The fourth-order valence-corrected chi connectivity index (χ4v) is 6.56. The van der Waals surface area contributed by atoms with Gasteiger partial charge >= 0.3 is 0 Å². The number of hydrogen-bond donors (Lipinski definition) is 0. The highest BCUT2D eigenvalue weighted by Crippen LogP contribution is 2.35. The third-order valence-electron chi connectivity index (χ3n) is 5.74. The van der Waals surface area contributed by atoms with Crippen molar-refractivity contribution in [2.24, 2.45) is 5.92 Å². The van der Waals surface area contributed by atoms with E-state index in [4.69, 9.17) is 11.6 Å². The summed E-state index contributed by atoms with van der Waals surface area (Å²) in [5.41, 5.74) is 1.59. The van der Waals surface area contributed by atoms with Crippen LogP contribution in [-0.2, 0) is 16.6 Å². The average molecular weight is 419 g/mol. The summed E-state index contributed by atoms with van der Waals surface area (Å²) >= 11 is 5.92. The fraction of sp³-hybridized carbons (Fsp3) is 0.381. The molecule has 28 heavy (non-hydrogen) atoms. The molecule has 0 aliphatic carbocycles. The molecule has 2 atom stereocenters. The zero-order valence-electron chi connectivity index (χ0n) is 15.5. The first kappa shape index (κ1) is 19.4. The first-order valence-corrected chi connectivity index (χ1v) is 11.4. The molecule has 2 fully saturated rings. The number of sulfonamides is 1. The van der Waals surface area contributed by atoms with Crippen LogP contribution in [0.4, 0.5) is 0 Å². The number of fused-ring (bicyclic) bond motifs is 1. The maximum absolute atomic E-state index is 13.1. The Bertz CT molecular complexity index is 947. The van der Waals surface area contributed by atoms with Crippen LogP contribution in [0.15, 0.2) is 54.6 Å². The highest BCUT2D eigenvalue weighted by molar-refractivity contribution is 7.90. The number of hydrogen-bond acceptors (Lipinski definition) is 3. The second kappa shape index (κ2) is 7.85. The molecule has 5 nitrogen and oxygen atoms in total. The predicted octanol–water partition coefficient (Wildman–Crippen LogP) is 3.41. The summed E-state index contributed by atoms with van der Waals surface area (Å²) in [5, 5.41) is 0.231. The molecular formula is C21H23ClN2O3S. The molecule has 2 aliphatic heterocycles. The van der Waals surface area contributed by atoms with E-state index in [0.29, 0.717) is 49.6 Å². The van der Waals surface area contributed by atoms with Crippen molar-refractivity contribution in [2.75, 3.05) is 19.6 Å². The van der Waals surface area contributed by atoms with Crippen LogP contribution in [0.3, 0.4) is 0 Å². The zero-order chi connectivity index (χ0) is 19.7. The minimum Gasteiger partial charge on any atom is -0.339 e. The molecule has 0 spiro atoms. The minimum atomic E-state index is -3.37. The molecule has 1 amide bonds. The average Bonchev–Trinajstić information content (AvgIpc) is 2.84. The van der Waals surface area contributed by atoms with Crippen LogP contribution in [-0.4, -0.2) is 48.4 Å². The maximum atomic E-state index is 13.1. The standard InChI is InChI=1S/C21H23ClN2O3S/c22-19-8-6-16(7-9-19)14-24-15-18-10-12-23(13-11-20(18)28(24,26)27)21(25)17-4-2-1-3-5-17/h1-9,18,20H,10-15H2/t18-,20-/m1/s1. The van der Waals surface area contributed by atoms with Gasteiger partial charge in [-0.25, -0.2) is 8.42 Å². The number of nitrogens with zero attached hydrogens (tertiary/aromatic N) is 2. The summed E-state index contributed by atoms with van der Waals surface area (Å²) in [6.07, 6.45) is 1.20. The van der Waals surface area contributed by atoms with Crippen molar-refractivity contribution in [1.82, 2.24) is 9.21 Å². The van der Waals surface area contributed by atoms with Crippen molar-refractivity contribution in [3.63, 3.8) is 0 Å². The van der Waals surface area contributed by atoms with Gasteiger partial charge in [-0.15, -0.1) is 0 Å². The van der Waals surface area contributed by atoms with E-state index in [1.54, 1.807) is 33.5 Å². The maximum Gasteiger partial charge on any atom is 0.253 e. The molecule has 0 unspecified atom stereocenters. The van der Waals surface area contributed by atoms with E-state index in [9.17, 15) is 13.2 Å². The summed E-state index contributed by atoms with van der Waals surface area (Å²) in [6.45, 7) is 1.96. The first-order valence-electron chi connectivity index (χ1n) is 9.53. The topological polar surface area (TPSA) is 57.7 Å². The van der Waals surface area contributed by atoms with Crippen LogP contribution in [0, 0.1) is 5.92 Å². The van der Waals surface area contributed by atoms with Gasteiger partial charge in [0.05, 0.1) is 5.25 Å². The van der Waals surface area contributed by atoms with Crippen molar-refractivity contribution >= 4 is 27.5 Å². The van der Waals surface area contributed by atoms with E-state index < -0.39 is 15.3 Å². The predicted molar refractivity (Wildman–Crippen MR) is 110 cm³/mol. The number of benzene rings is 2. The lowest BCUT2D eigenvalue weighted by Crippen LogP contribution is -2.34. The number of carbonyl (C=O) groups is 1. The van der Waals surface area contributed by atoms with Crippen molar-refractivity contribution in [2.45, 2.75) is 24.6 Å². The minimum absolute atomic E-state index is 0.0176. The lowest BCUT2D eigenvalue weighted by molar-refractivity contribution is 0.0759. The number of likely N-dealkylation sites (tertiary alicyclic amines) is 1. The van der Waals surface area contributed by atoms with Gasteiger partial charge in [0.25, 0.3) is 5.91 Å². The van der Waals surface area contributed by atoms with E-state index in [-0.39, 0.29) is 11.8 Å². The van der Waals surface area contributed by atoms with Crippen molar-refractivity contribution < 1.29 is 13.2 Å². The lowest BCUT2D eigenvalue weighted by atomic mass is 10.0. The summed E-state index contributed by atoms with van der Waals surface area (Å²) in [5.74, 6) is 0.0434. The number of carbonyl (C=O) groups excluding carboxylic acids is 1. The van der Waals surface area contributed by atoms with Crippen LogP contribution in [0.2, 0.25) is 5.02 Å². The third kappa shape index (κ3) is 3.81. The Hall–Kier alpha value is -1.89. The SMILES string of the molecule is O=C(c1ccccc1)N1CC[C@@H]2CN(Cc3ccc(Cl)cc3)S(=O)(=O)[C@@H]2CC1. The van der Waals surface area contributed by atoms with Crippen LogP contribution < -0.4 is 0 Å². The molecular weight excluding hydrogens is 396 g/mol. The Morgan fingerprint density at radius 3 is 2.39 bits per heavy atom. The van der Waals surface area contributed by atoms with Gasteiger partial charge in [-0.3, -0.25) is 4.79 Å². The molecule has 2 aliphatic rings. The summed E-state index contributed by atoms with van der Waals surface area (Å²) in [7, 11) is -3.37. The molecule has 148 valence electrons. The van der Waals surface area contributed by atoms with Gasteiger partial charge in [0.2, 0.25) is 10.0 Å². The van der Waals surface area contributed by atoms with Crippen LogP contribution >= 0.6 is 11.6 Å². The van der Waals surface area contributed by atoms with Gasteiger partial charge < -0.3 is 4.90 Å². The molecule has 2 saturated heterocycles. The normalized spacial score (nSPS) is 24.5. The smallest absolute Gasteiger partial charge is 0.253 e. The molecule has 0 bridgehead atoms. The van der Waals surface area contributed by atoms with Crippen LogP contribution in [0.5, 0.6) is 0 Å². The van der Waals surface area contributed by atoms with Gasteiger partial charge in [-0.2, -0.15) is 4.31 Å². The van der Waals surface area contributed by atoms with E-state index in [1.807, 2.05) is 30.3 Å². The van der Waals surface area contributed by atoms with E-state index in [2.05, 4.69) is 0 Å². The van der Waals surface area contributed by atoms with Crippen molar-refractivity contribution in [3.8, 4) is 0 Å². The Morgan fingerprint density at radius 2 is 1.68 bits per heavy atom. The van der Waals surface area contributed by atoms with Gasteiger partial charge in [0.15, 0.2) is 0 Å². The molecule has 2 aromatic carbocycles. The largest absolute Gasteiger partial charge is 0.339 e. The Labute approximate surface area is 171 Å². The second-order valence-corrected chi connectivity index (χ2v) is 10.1.